The van der Waals surface area contributed by atoms with Crippen LogP contribution in [0.3, 0.4) is 0 Å². The van der Waals surface area contributed by atoms with E-state index in [9.17, 15) is 12.8 Å². The minimum absolute atomic E-state index is 0.0358. The summed E-state index contributed by atoms with van der Waals surface area (Å²) in [4.78, 5) is 1.92. The summed E-state index contributed by atoms with van der Waals surface area (Å²) in [5.41, 5.74) is 0.790. The van der Waals surface area contributed by atoms with Crippen molar-refractivity contribution in [1.82, 2.24) is 4.90 Å². The maximum atomic E-state index is 13.1. The first-order valence-corrected chi connectivity index (χ1v) is 8.12. The topological polar surface area (TPSA) is 57.6 Å². The van der Waals surface area contributed by atoms with Crippen molar-refractivity contribution < 1.29 is 17.9 Å². The summed E-state index contributed by atoms with van der Waals surface area (Å²) in [6.45, 7) is 0.821. The van der Waals surface area contributed by atoms with Crippen LogP contribution in [0.2, 0.25) is 0 Å². The van der Waals surface area contributed by atoms with Gasteiger partial charge < -0.3 is 5.11 Å². The number of sulfone groups is 1. The van der Waals surface area contributed by atoms with Crippen molar-refractivity contribution in [2.75, 3.05) is 24.7 Å². The molecule has 0 amide bonds. The molecule has 0 radical (unpaired) electrons. The van der Waals surface area contributed by atoms with Gasteiger partial charge in [-0.05, 0) is 24.1 Å². The summed E-state index contributed by atoms with van der Waals surface area (Å²) in [7, 11) is -2.96. The fraction of sp³-hybridized carbons (Fsp3) is 0.538. The third kappa shape index (κ3) is 3.99. The Morgan fingerprint density at radius 3 is 2.79 bits per heavy atom. The predicted molar refractivity (Wildman–Crippen MR) is 71.0 cm³/mol. The van der Waals surface area contributed by atoms with Gasteiger partial charge in [0.1, 0.15) is 5.82 Å². The maximum Gasteiger partial charge on any atom is 0.151 e. The third-order valence-electron chi connectivity index (χ3n) is 3.39. The number of hydrogen-bond donors (Lipinski definition) is 1. The Hall–Kier alpha value is -0.980. The summed E-state index contributed by atoms with van der Waals surface area (Å²) >= 11 is 0. The highest BCUT2D eigenvalue weighted by atomic mass is 32.2. The van der Waals surface area contributed by atoms with Crippen molar-refractivity contribution >= 4 is 9.84 Å². The first-order chi connectivity index (χ1) is 9.00. The number of halogens is 1. The molecule has 0 bridgehead atoms. The lowest BCUT2D eigenvalue weighted by atomic mass is 10.1. The molecule has 19 heavy (non-hydrogen) atoms. The van der Waals surface area contributed by atoms with E-state index in [1.54, 1.807) is 12.1 Å². The van der Waals surface area contributed by atoms with Crippen molar-refractivity contribution in [3.05, 3.63) is 35.6 Å². The van der Waals surface area contributed by atoms with Crippen molar-refractivity contribution in [1.29, 1.82) is 0 Å². The van der Waals surface area contributed by atoms with Crippen LogP contribution in [0.25, 0.3) is 0 Å². The SMILES string of the molecule is O=S1(=O)CCC(N(CCO)Cc2cccc(F)c2)C1. The number of benzene rings is 1. The van der Waals surface area contributed by atoms with Crippen LogP contribution in [0.15, 0.2) is 24.3 Å². The van der Waals surface area contributed by atoms with Crippen molar-refractivity contribution in [3.8, 4) is 0 Å². The second kappa shape index (κ2) is 5.98. The zero-order valence-electron chi connectivity index (χ0n) is 10.6. The molecule has 106 valence electrons. The molecular weight excluding hydrogens is 269 g/mol. The highest BCUT2D eigenvalue weighted by Crippen LogP contribution is 2.20. The van der Waals surface area contributed by atoms with Crippen LogP contribution in [0.4, 0.5) is 4.39 Å². The van der Waals surface area contributed by atoms with Crippen LogP contribution in [0.5, 0.6) is 0 Å². The molecular formula is C13H18FNO3S. The average Bonchev–Trinajstić information content (AvgIpc) is 2.69. The van der Waals surface area contributed by atoms with Crippen LogP contribution < -0.4 is 0 Å². The molecule has 1 atom stereocenters. The van der Waals surface area contributed by atoms with Gasteiger partial charge in [-0.25, -0.2) is 12.8 Å². The number of nitrogens with zero attached hydrogens (tertiary/aromatic N) is 1. The number of aliphatic hydroxyl groups excluding tert-OH is 1. The Morgan fingerprint density at radius 2 is 2.21 bits per heavy atom. The zero-order chi connectivity index (χ0) is 13.9. The molecule has 0 aromatic heterocycles. The monoisotopic (exact) mass is 287 g/mol. The van der Waals surface area contributed by atoms with Crippen LogP contribution in [0.1, 0.15) is 12.0 Å². The van der Waals surface area contributed by atoms with Gasteiger partial charge in [-0.1, -0.05) is 12.1 Å². The Kier molecular flexibility index (Phi) is 4.54. The summed E-state index contributed by atoms with van der Waals surface area (Å²) in [5, 5.41) is 9.09. The summed E-state index contributed by atoms with van der Waals surface area (Å²) in [6, 6.07) is 6.16. The lowest BCUT2D eigenvalue weighted by molar-refractivity contribution is 0.153. The third-order valence-corrected chi connectivity index (χ3v) is 5.14. The van der Waals surface area contributed by atoms with Crippen molar-refractivity contribution in [2.45, 2.75) is 19.0 Å². The van der Waals surface area contributed by atoms with Gasteiger partial charge in [-0.15, -0.1) is 0 Å². The molecule has 2 rings (SSSR count). The molecule has 0 spiro atoms. The number of hydrogen-bond acceptors (Lipinski definition) is 4. The largest absolute Gasteiger partial charge is 0.395 e. The lowest BCUT2D eigenvalue weighted by Crippen LogP contribution is -2.37. The van der Waals surface area contributed by atoms with Gasteiger partial charge in [0.05, 0.1) is 18.1 Å². The molecule has 6 heteroatoms. The van der Waals surface area contributed by atoms with E-state index in [-0.39, 0.29) is 30.0 Å². The minimum Gasteiger partial charge on any atom is -0.395 e. The predicted octanol–water partition coefficient (Wildman–Crippen LogP) is 0.807. The molecule has 1 saturated heterocycles. The number of rotatable bonds is 5. The molecule has 1 aromatic carbocycles. The molecule has 1 unspecified atom stereocenters. The number of aliphatic hydroxyl groups is 1. The molecule has 1 aliphatic rings. The van der Waals surface area contributed by atoms with Gasteiger partial charge in [0.15, 0.2) is 9.84 Å². The van der Waals surface area contributed by atoms with E-state index >= 15 is 0 Å². The summed E-state index contributed by atoms with van der Waals surface area (Å²) in [5.74, 6) is 0.0194. The zero-order valence-corrected chi connectivity index (χ0v) is 11.4. The molecule has 1 aliphatic heterocycles. The van der Waals surface area contributed by atoms with Crippen molar-refractivity contribution in [2.24, 2.45) is 0 Å². The summed E-state index contributed by atoms with van der Waals surface area (Å²) < 4.78 is 36.2. The van der Waals surface area contributed by atoms with E-state index in [1.807, 2.05) is 4.90 Å². The Bertz CT molecular complexity index is 532. The van der Waals surface area contributed by atoms with Gasteiger partial charge in [0, 0.05) is 19.1 Å². The quantitative estimate of drug-likeness (QED) is 0.870. The molecule has 1 fully saturated rings. The van der Waals surface area contributed by atoms with Gasteiger partial charge in [0.25, 0.3) is 0 Å². The smallest absolute Gasteiger partial charge is 0.151 e. The standard InChI is InChI=1S/C13H18FNO3S/c14-12-3-1-2-11(8-12)9-15(5-6-16)13-4-7-19(17,18)10-13/h1-3,8,13,16H,4-7,9-10H2. The highest BCUT2D eigenvalue weighted by Gasteiger charge is 2.31. The van der Waals surface area contributed by atoms with E-state index in [2.05, 4.69) is 0 Å². The van der Waals surface area contributed by atoms with Gasteiger partial charge in [-0.3, -0.25) is 4.90 Å². The molecule has 1 heterocycles. The van der Waals surface area contributed by atoms with E-state index < -0.39 is 9.84 Å². The van der Waals surface area contributed by atoms with E-state index in [4.69, 9.17) is 5.11 Å². The average molecular weight is 287 g/mol. The lowest BCUT2D eigenvalue weighted by Gasteiger charge is -2.27. The second-order valence-electron chi connectivity index (χ2n) is 4.88. The van der Waals surface area contributed by atoms with Crippen LogP contribution >= 0.6 is 0 Å². The Morgan fingerprint density at radius 1 is 1.42 bits per heavy atom. The first-order valence-electron chi connectivity index (χ1n) is 6.30. The summed E-state index contributed by atoms with van der Waals surface area (Å²) in [6.07, 6.45) is 0.581. The minimum atomic E-state index is -2.96. The normalized spacial score (nSPS) is 21.9. The van der Waals surface area contributed by atoms with Gasteiger partial charge in [-0.2, -0.15) is 0 Å². The second-order valence-corrected chi connectivity index (χ2v) is 7.11. The first kappa shape index (κ1) is 14.4. The highest BCUT2D eigenvalue weighted by molar-refractivity contribution is 7.91. The molecule has 0 aliphatic carbocycles. The van der Waals surface area contributed by atoms with Gasteiger partial charge >= 0.3 is 0 Å². The Labute approximate surface area is 112 Å². The fourth-order valence-electron chi connectivity index (χ4n) is 2.45. The van der Waals surface area contributed by atoms with Crippen molar-refractivity contribution in [3.63, 3.8) is 0 Å². The fourth-order valence-corrected chi connectivity index (χ4v) is 4.21. The Balaban J connectivity index is 2.08. The molecule has 1 N–H and O–H groups in total. The van der Waals surface area contributed by atoms with E-state index in [0.29, 0.717) is 19.5 Å². The van der Waals surface area contributed by atoms with Gasteiger partial charge in [0.2, 0.25) is 0 Å². The van der Waals surface area contributed by atoms with Crippen LogP contribution in [-0.4, -0.2) is 49.1 Å². The van der Waals surface area contributed by atoms with Crippen LogP contribution in [0, 0.1) is 5.82 Å². The van der Waals surface area contributed by atoms with E-state index in [0.717, 1.165) is 5.56 Å². The van der Waals surface area contributed by atoms with Crippen LogP contribution in [-0.2, 0) is 16.4 Å². The maximum absolute atomic E-state index is 13.1. The molecule has 4 nitrogen and oxygen atoms in total. The molecule has 1 aromatic rings. The molecule has 0 saturated carbocycles. The van der Waals surface area contributed by atoms with E-state index in [1.165, 1.54) is 12.1 Å².